The lowest BCUT2D eigenvalue weighted by atomic mass is 10.2. The Morgan fingerprint density at radius 1 is 1.48 bits per heavy atom. The monoisotopic (exact) mass is 331 g/mol. The van der Waals surface area contributed by atoms with Crippen LogP contribution in [0, 0.1) is 6.92 Å². The van der Waals surface area contributed by atoms with Gasteiger partial charge in [0.05, 0.1) is 17.2 Å². The van der Waals surface area contributed by atoms with E-state index in [2.05, 4.69) is 17.2 Å². The van der Waals surface area contributed by atoms with E-state index in [1.807, 2.05) is 31.3 Å². The van der Waals surface area contributed by atoms with Crippen LogP contribution in [0.1, 0.15) is 22.4 Å². The number of benzene rings is 1. The summed E-state index contributed by atoms with van der Waals surface area (Å²) in [6.07, 6.45) is 3.69. The van der Waals surface area contributed by atoms with Gasteiger partial charge in [0.15, 0.2) is 0 Å². The molecular formula is C17H21N3O2S. The predicted molar refractivity (Wildman–Crippen MR) is 92.6 cm³/mol. The Labute approximate surface area is 140 Å². The quantitative estimate of drug-likeness (QED) is 0.936. The molecule has 1 N–H and O–H groups in total. The Bertz CT molecular complexity index is 699. The number of hydrogen-bond acceptors (Lipinski definition) is 4. The summed E-state index contributed by atoms with van der Waals surface area (Å²) >= 11 is 1.71. The minimum Gasteiger partial charge on any atom is -0.490 e. The minimum absolute atomic E-state index is 0.0781. The van der Waals surface area contributed by atoms with Crippen molar-refractivity contribution in [2.24, 2.45) is 0 Å². The van der Waals surface area contributed by atoms with E-state index in [-0.39, 0.29) is 6.03 Å². The molecule has 2 aromatic rings. The zero-order valence-corrected chi connectivity index (χ0v) is 14.3. The zero-order chi connectivity index (χ0) is 16.2. The second-order valence-electron chi connectivity index (χ2n) is 5.53. The van der Waals surface area contributed by atoms with Crippen molar-refractivity contribution in [1.29, 1.82) is 0 Å². The van der Waals surface area contributed by atoms with Crippen molar-refractivity contribution in [2.45, 2.75) is 26.7 Å². The van der Waals surface area contributed by atoms with Gasteiger partial charge in [0, 0.05) is 24.0 Å². The van der Waals surface area contributed by atoms with Gasteiger partial charge in [-0.3, -0.25) is 4.90 Å². The van der Waals surface area contributed by atoms with Gasteiger partial charge in [-0.05, 0) is 31.0 Å². The normalized spacial score (nSPS) is 13.4. The maximum Gasteiger partial charge on any atom is 0.322 e. The van der Waals surface area contributed by atoms with Crippen LogP contribution in [0.2, 0.25) is 0 Å². The third-order valence-corrected chi connectivity index (χ3v) is 4.99. The van der Waals surface area contributed by atoms with Crippen molar-refractivity contribution >= 4 is 23.1 Å². The number of rotatable bonds is 4. The van der Waals surface area contributed by atoms with E-state index in [0.29, 0.717) is 19.7 Å². The van der Waals surface area contributed by atoms with E-state index >= 15 is 0 Å². The highest BCUT2D eigenvalue weighted by molar-refractivity contribution is 7.11. The van der Waals surface area contributed by atoms with Gasteiger partial charge >= 0.3 is 6.03 Å². The van der Waals surface area contributed by atoms with Gasteiger partial charge in [-0.1, -0.05) is 13.0 Å². The van der Waals surface area contributed by atoms with Crippen LogP contribution >= 0.6 is 11.3 Å². The van der Waals surface area contributed by atoms with E-state index in [9.17, 15) is 4.79 Å². The number of urea groups is 1. The van der Waals surface area contributed by atoms with Crippen LogP contribution in [0.15, 0.2) is 24.4 Å². The van der Waals surface area contributed by atoms with Crippen LogP contribution in [0.5, 0.6) is 5.75 Å². The number of aromatic nitrogens is 1. The molecule has 0 saturated carbocycles. The fourth-order valence-electron chi connectivity index (χ4n) is 2.54. The highest BCUT2D eigenvalue weighted by Crippen LogP contribution is 2.32. The first-order valence-corrected chi connectivity index (χ1v) is 8.71. The van der Waals surface area contributed by atoms with Gasteiger partial charge in [0.25, 0.3) is 0 Å². The standard InChI is InChI=1S/C17H21N3O2S/c1-3-13-11-19-16(23-13)6-7-18-17(21)20-8-9-22-15-10-12(2)4-5-14(15)20/h4-5,10-11H,3,6-9H2,1-2H3,(H,18,21). The Morgan fingerprint density at radius 3 is 3.13 bits per heavy atom. The molecule has 1 aromatic heterocycles. The molecule has 2 heterocycles. The highest BCUT2D eigenvalue weighted by atomic mass is 32.1. The number of carbonyl (C=O) groups is 1. The molecule has 3 rings (SSSR count). The van der Waals surface area contributed by atoms with Crippen LogP contribution < -0.4 is 15.0 Å². The lowest BCUT2D eigenvalue weighted by molar-refractivity contribution is 0.240. The Hall–Kier alpha value is -2.08. The molecule has 23 heavy (non-hydrogen) atoms. The third kappa shape index (κ3) is 3.64. The molecule has 1 aromatic carbocycles. The number of anilines is 1. The van der Waals surface area contributed by atoms with E-state index in [1.165, 1.54) is 4.88 Å². The molecule has 0 bridgehead atoms. The second-order valence-corrected chi connectivity index (χ2v) is 6.73. The lowest BCUT2D eigenvalue weighted by Crippen LogP contribution is -2.44. The topological polar surface area (TPSA) is 54.5 Å². The summed E-state index contributed by atoms with van der Waals surface area (Å²) in [5.74, 6) is 0.777. The maximum absolute atomic E-state index is 12.4. The molecule has 0 saturated heterocycles. The van der Waals surface area contributed by atoms with Gasteiger partial charge in [0.1, 0.15) is 12.4 Å². The summed E-state index contributed by atoms with van der Waals surface area (Å²) in [5.41, 5.74) is 1.96. The molecule has 0 radical (unpaired) electrons. The van der Waals surface area contributed by atoms with Crippen molar-refractivity contribution in [2.75, 3.05) is 24.6 Å². The van der Waals surface area contributed by atoms with E-state index in [4.69, 9.17) is 4.74 Å². The van der Waals surface area contributed by atoms with Crippen LogP contribution in [0.3, 0.4) is 0 Å². The van der Waals surface area contributed by atoms with E-state index < -0.39 is 0 Å². The van der Waals surface area contributed by atoms with Crippen molar-refractivity contribution in [3.05, 3.63) is 39.8 Å². The molecule has 1 aliphatic heterocycles. The number of carbonyl (C=O) groups excluding carboxylic acids is 1. The van der Waals surface area contributed by atoms with E-state index in [1.54, 1.807) is 16.2 Å². The molecule has 0 aliphatic carbocycles. The Kier molecular flexibility index (Phi) is 4.81. The van der Waals surface area contributed by atoms with Crippen LogP contribution in [0.25, 0.3) is 0 Å². The number of nitrogens with one attached hydrogen (secondary N) is 1. The van der Waals surface area contributed by atoms with Crippen molar-refractivity contribution in [3.63, 3.8) is 0 Å². The predicted octanol–water partition coefficient (Wildman–Crippen LogP) is 3.17. The largest absolute Gasteiger partial charge is 0.490 e. The molecule has 5 nitrogen and oxygen atoms in total. The number of amides is 2. The van der Waals surface area contributed by atoms with E-state index in [0.717, 1.165) is 34.8 Å². The average molecular weight is 331 g/mol. The summed E-state index contributed by atoms with van der Waals surface area (Å²) in [4.78, 5) is 19.8. The SMILES string of the molecule is CCc1cnc(CCNC(=O)N2CCOc3cc(C)ccc32)s1. The number of hydrogen-bond donors (Lipinski definition) is 1. The Balaban J connectivity index is 1.59. The maximum atomic E-state index is 12.4. The molecular weight excluding hydrogens is 310 g/mol. The van der Waals surface area contributed by atoms with Gasteiger partial charge in [0.2, 0.25) is 0 Å². The average Bonchev–Trinajstić information content (AvgIpc) is 3.02. The summed E-state index contributed by atoms with van der Waals surface area (Å²) in [5, 5.41) is 4.05. The van der Waals surface area contributed by atoms with Crippen molar-refractivity contribution in [1.82, 2.24) is 10.3 Å². The third-order valence-electron chi connectivity index (χ3n) is 3.79. The smallest absolute Gasteiger partial charge is 0.322 e. The lowest BCUT2D eigenvalue weighted by Gasteiger charge is -2.29. The fourth-order valence-corrected chi connectivity index (χ4v) is 3.40. The first-order valence-electron chi connectivity index (χ1n) is 7.89. The Morgan fingerprint density at radius 2 is 2.35 bits per heavy atom. The summed E-state index contributed by atoms with van der Waals surface area (Å²) in [6, 6.07) is 5.83. The number of thiazole rings is 1. The number of aryl methyl sites for hydroxylation is 2. The molecule has 6 heteroatoms. The molecule has 0 atom stereocenters. The van der Waals surface area contributed by atoms with Gasteiger partial charge < -0.3 is 10.1 Å². The van der Waals surface area contributed by atoms with Crippen molar-refractivity contribution < 1.29 is 9.53 Å². The fraction of sp³-hybridized carbons (Fsp3) is 0.412. The number of nitrogens with zero attached hydrogens (tertiary/aromatic N) is 2. The van der Waals surface area contributed by atoms with Gasteiger partial charge in [-0.15, -0.1) is 11.3 Å². The van der Waals surface area contributed by atoms with Gasteiger partial charge in [-0.2, -0.15) is 0 Å². The van der Waals surface area contributed by atoms with Gasteiger partial charge in [-0.25, -0.2) is 9.78 Å². The van der Waals surface area contributed by atoms with Crippen LogP contribution in [-0.4, -0.2) is 30.7 Å². The molecule has 0 unspecified atom stereocenters. The second kappa shape index (κ2) is 7.00. The first-order chi connectivity index (χ1) is 11.2. The minimum atomic E-state index is -0.0781. The molecule has 0 spiro atoms. The summed E-state index contributed by atoms with van der Waals surface area (Å²) in [6.45, 7) is 5.82. The number of fused-ring (bicyclic) bond motifs is 1. The summed E-state index contributed by atoms with van der Waals surface area (Å²) in [7, 11) is 0. The van der Waals surface area contributed by atoms with Crippen LogP contribution in [0.4, 0.5) is 10.5 Å². The highest BCUT2D eigenvalue weighted by Gasteiger charge is 2.23. The van der Waals surface area contributed by atoms with Crippen LogP contribution in [-0.2, 0) is 12.8 Å². The molecule has 0 fully saturated rings. The van der Waals surface area contributed by atoms with Crippen molar-refractivity contribution in [3.8, 4) is 5.75 Å². The first kappa shape index (κ1) is 15.8. The molecule has 1 aliphatic rings. The molecule has 122 valence electrons. The number of ether oxygens (including phenoxy) is 1. The summed E-state index contributed by atoms with van der Waals surface area (Å²) < 4.78 is 5.64. The molecule has 2 amide bonds. The zero-order valence-electron chi connectivity index (χ0n) is 13.5.